The number of benzene rings is 2. The molecule has 0 saturated carbocycles. The van der Waals surface area contributed by atoms with Crippen molar-refractivity contribution < 1.29 is 28.2 Å². The van der Waals surface area contributed by atoms with Crippen molar-refractivity contribution in [1.29, 1.82) is 0 Å². The SMILES string of the molecule is COc1ccc(OC)c([C@H](C)NC(=O)COC(=O)Cc2c(F)cccc2Cl)c1. The summed E-state index contributed by atoms with van der Waals surface area (Å²) < 4.78 is 29.1. The second-order valence-electron chi connectivity index (χ2n) is 5.93. The zero-order valence-electron chi connectivity index (χ0n) is 15.8. The van der Waals surface area contributed by atoms with Crippen molar-refractivity contribution in [3.05, 3.63) is 58.4 Å². The number of halogens is 2. The molecular weight excluding hydrogens is 389 g/mol. The number of rotatable bonds is 8. The zero-order chi connectivity index (χ0) is 20.7. The lowest BCUT2D eigenvalue weighted by molar-refractivity contribution is -0.148. The molecule has 150 valence electrons. The maximum atomic E-state index is 13.7. The fourth-order valence-corrected chi connectivity index (χ4v) is 2.81. The molecule has 2 rings (SSSR count). The fraction of sp³-hybridized carbons (Fsp3) is 0.300. The minimum absolute atomic E-state index is 0.0315. The monoisotopic (exact) mass is 409 g/mol. The average molecular weight is 410 g/mol. The summed E-state index contributed by atoms with van der Waals surface area (Å²) in [6.45, 7) is 1.26. The molecular formula is C20H21ClFNO5. The Hall–Kier alpha value is -2.80. The molecule has 0 aliphatic rings. The summed E-state index contributed by atoms with van der Waals surface area (Å²) >= 11 is 5.88. The van der Waals surface area contributed by atoms with Gasteiger partial charge in [-0.15, -0.1) is 0 Å². The zero-order valence-corrected chi connectivity index (χ0v) is 16.5. The molecule has 0 aliphatic heterocycles. The number of esters is 1. The first-order chi connectivity index (χ1) is 13.3. The third kappa shape index (κ3) is 5.60. The fourth-order valence-electron chi connectivity index (χ4n) is 2.58. The minimum atomic E-state index is -0.756. The van der Waals surface area contributed by atoms with Gasteiger partial charge in [0.05, 0.1) is 26.7 Å². The van der Waals surface area contributed by atoms with E-state index in [0.717, 1.165) is 0 Å². The predicted octanol–water partition coefficient (Wildman–Crippen LogP) is 3.46. The molecule has 0 aromatic heterocycles. The van der Waals surface area contributed by atoms with E-state index in [-0.39, 0.29) is 17.0 Å². The summed E-state index contributed by atoms with van der Waals surface area (Å²) in [5.41, 5.74) is 0.740. The first-order valence-electron chi connectivity index (χ1n) is 8.45. The van der Waals surface area contributed by atoms with Gasteiger partial charge in [-0.3, -0.25) is 9.59 Å². The van der Waals surface area contributed by atoms with Crippen molar-refractivity contribution in [2.24, 2.45) is 0 Å². The highest BCUT2D eigenvalue weighted by Gasteiger charge is 2.18. The van der Waals surface area contributed by atoms with Crippen LogP contribution in [0.1, 0.15) is 24.1 Å². The Balaban J connectivity index is 1.92. The molecule has 0 saturated heterocycles. The standard InChI is InChI=1S/C20H21ClFNO5/c1-12(14-9-13(26-2)7-8-18(14)27-3)23-19(24)11-28-20(25)10-15-16(21)5-4-6-17(15)22/h4-9,12H,10-11H2,1-3H3,(H,23,24)/t12-/m0/s1. The number of amides is 1. The molecule has 0 aliphatic carbocycles. The highest BCUT2D eigenvalue weighted by Crippen LogP contribution is 2.29. The molecule has 0 fully saturated rings. The number of nitrogens with one attached hydrogen (secondary N) is 1. The topological polar surface area (TPSA) is 73.9 Å². The molecule has 2 aromatic carbocycles. The number of ether oxygens (including phenoxy) is 3. The Bertz CT molecular complexity index is 838. The lowest BCUT2D eigenvalue weighted by Gasteiger charge is -2.18. The highest BCUT2D eigenvalue weighted by molar-refractivity contribution is 6.31. The van der Waals surface area contributed by atoms with Crippen molar-refractivity contribution in [3.8, 4) is 11.5 Å². The van der Waals surface area contributed by atoms with E-state index in [0.29, 0.717) is 17.1 Å². The van der Waals surface area contributed by atoms with Gasteiger partial charge in [0.2, 0.25) is 0 Å². The van der Waals surface area contributed by atoms with Crippen LogP contribution in [0.3, 0.4) is 0 Å². The first-order valence-corrected chi connectivity index (χ1v) is 8.83. The summed E-state index contributed by atoms with van der Waals surface area (Å²) in [6.07, 6.45) is -0.363. The second kappa shape index (κ2) is 9.94. The van der Waals surface area contributed by atoms with E-state index >= 15 is 0 Å². The smallest absolute Gasteiger partial charge is 0.310 e. The Morgan fingerprint density at radius 3 is 2.57 bits per heavy atom. The van der Waals surface area contributed by atoms with Crippen LogP contribution in [0.4, 0.5) is 4.39 Å². The van der Waals surface area contributed by atoms with Crippen molar-refractivity contribution >= 4 is 23.5 Å². The average Bonchev–Trinajstić information content (AvgIpc) is 2.68. The van der Waals surface area contributed by atoms with Crippen molar-refractivity contribution in [2.45, 2.75) is 19.4 Å². The van der Waals surface area contributed by atoms with Crippen LogP contribution < -0.4 is 14.8 Å². The molecule has 0 unspecified atom stereocenters. The molecule has 0 spiro atoms. The maximum absolute atomic E-state index is 13.7. The molecule has 1 amide bonds. The molecule has 1 atom stereocenters. The van der Waals surface area contributed by atoms with Gasteiger partial charge in [0.1, 0.15) is 17.3 Å². The summed E-state index contributed by atoms with van der Waals surface area (Å²) in [5, 5.41) is 2.84. The van der Waals surface area contributed by atoms with Gasteiger partial charge >= 0.3 is 5.97 Å². The largest absolute Gasteiger partial charge is 0.497 e. The van der Waals surface area contributed by atoms with E-state index in [1.54, 1.807) is 25.1 Å². The minimum Gasteiger partial charge on any atom is -0.497 e. The number of methoxy groups -OCH3 is 2. The highest BCUT2D eigenvalue weighted by atomic mass is 35.5. The number of hydrogen-bond acceptors (Lipinski definition) is 5. The van der Waals surface area contributed by atoms with Crippen LogP contribution in [0, 0.1) is 5.82 Å². The lowest BCUT2D eigenvalue weighted by Crippen LogP contribution is -2.31. The van der Waals surface area contributed by atoms with E-state index in [2.05, 4.69) is 5.32 Å². The van der Waals surface area contributed by atoms with Gasteiger partial charge < -0.3 is 19.5 Å². The molecule has 8 heteroatoms. The van der Waals surface area contributed by atoms with Gasteiger partial charge in [0, 0.05) is 16.1 Å². The molecule has 0 bridgehead atoms. The molecule has 28 heavy (non-hydrogen) atoms. The van der Waals surface area contributed by atoms with Gasteiger partial charge in [-0.05, 0) is 37.3 Å². The number of carbonyl (C=O) groups excluding carboxylic acids is 2. The second-order valence-corrected chi connectivity index (χ2v) is 6.34. The molecule has 1 N–H and O–H groups in total. The third-order valence-electron chi connectivity index (χ3n) is 4.03. The van der Waals surface area contributed by atoms with E-state index in [1.807, 2.05) is 0 Å². The normalized spacial score (nSPS) is 11.5. The van der Waals surface area contributed by atoms with Crippen LogP contribution in [0.2, 0.25) is 5.02 Å². The van der Waals surface area contributed by atoms with Gasteiger partial charge in [0.15, 0.2) is 6.61 Å². The van der Waals surface area contributed by atoms with E-state index < -0.39 is 30.3 Å². The van der Waals surface area contributed by atoms with Crippen LogP contribution in [-0.4, -0.2) is 32.7 Å². The van der Waals surface area contributed by atoms with Gasteiger partial charge in [-0.25, -0.2) is 4.39 Å². The van der Waals surface area contributed by atoms with E-state index in [4.69, 9.17) is 25.8 Å². The molecule has 0 radical (unpaired) electrons. The summed E-state index contributed by atoms with van der Waals surface area (Å²) in [6, 6.07) is 8.91. The number of carbonyl (C=O) groups is 2. The van der Waals surface area contributed by atoms with Crippen LogP contribution in [0.5, 0.6) is 11.5 Å². The third-order valence-corrected chi connectivity index (χ3v) is 4.38. The van der Waals surface area contributed by atoms with Crippen LogP contribution in [-0.2, 0) is 20.7 Å². The van der Waals surface area contributed by atoms with Gasteiger partial charge in [-0.2, -0.15) is 0 Å². The van der Waals surface area contributed by atoms with Crippen molar-refractivity contribution in [2.75, 3.05) is 20.8 Å². The lowest BCUT2D eigenvalue weighted by atomic mass is 10.1. The molecule has 0 heterocycles. The summed E-state index contributed by atoms with van der Waals surface area (Å²) in [5.74, 6) is -0.670. The predicted molar refractivity (Wildman–Crippen MR) is 102 cm³/mol. The van der Waals surface area contributed by atoms with Crippen molar-refractivity contribution in [3.63, 3.8) is 0 Å². The van der Waals surface area contributed by atoms with Crippen LogP contribution >= 0.6 is 11.6 Å². The van der Waals surface area contributed by atoms with Gasteiger partial charge in [-0.1, -0.05) is 17.7 Å². The Labute approximate surface area is 167 Å². The van der Waals surface area contributed by atoms with E-state index in [9.17, 15) is 14.0 Å². The summed E-state index contributed by atoms with van der Waals surface area (Å²) in [4.78, 5) is 24.0. The quantitative estimate of drug-likeness (QED) is 0.676. The maximum Gasteiger partial charge on any atom is 0.310 e. The Morgan fingerprint density at radius 2 is 1.93 bits per heavy atom. The van der Waals surface area contributed by atoms with Crippen LogP contribution in [0.15, 0.2) is 36.4 Å². The first kappa shape index (κ1) is 21.5. The van der Waals surface area contributed by atoms with Crippen LogP contribution in [0.25, 0.3) is 0 Å². The van der Waals surface area contributed by atoms with Crippen molar-refractivity contribution in [1.82, 2.24) is 5.32 Å². The number of hydrogen-bond donors (Lipinski definition) is 1. The Kier molecular flexibility index (Phi) is 7.63. The molecule has 6 nitrogen and oxygen atoms in total. The van der Waals surface area contributed by atoms with Gasteiger partial charge in [0.25, 0.3) is 5.91 Å². The van der Waals surface area contributed by atoms with E-state index in [1.165, 1.54) is 32.4 Å². The summed E-state index contributed by atoms with van der Waals surface area (Å²) in [7, 11) is 3.06. The Morgan fingerprint density at radius 1 is 1.18 bits per heavy atom. The molecule has 2 aromatic rings.